The fraction of sp³-hybridized carbons (Fsp3) is 1.00. The average Bonchev–Trinajstić information content (AvgIpc) is 2.37. The Morgan fingerprint density at radius 1 is 1.29 bits per heavy atom. The van der Waals surface area contributed by atoms with Crippen molar-refractivity contribution in [2.75, 3.05) is 47.0 Å². The molecule has 1 unspecified atom stereocenters. The fourth-order valence-corrected chi connectivity index (χ4v) is 2.37. The highest BCUT2D eigenvalue weighted by atomic mass is 16.5. The molecular weight excluding hydrogens is 216 g/mol. The molecular formula is C13H28N2O2. The predicted octanol–water partition coefficient (Wildman–Crippen LogP) is 1.11. The van der Waals surface area contributed by atoms with Crippen LogP contribution in [0.5, 0.6) is 0 Å². The van der Waals surface area contributed by atoms with Gasteiger partial charge in [-0.25, -0.2) is 0 Å². The van der Waals surface area contributed by atoms with E-state index in [4.69, 9.17) is 9.47 Å². The standard InChI is InChI=1S/C13H28N2O2/c1-4-7-14-12(11-16-2)10-15-8-5-13(17-3)6-9-15/h12-14H,4-11H2,1-3H3. The summed E-state index contributed by atoms with van der Waals surface area (Å²) in [4.78, 5) is 2.52. The van der Waals surface area contributed by atoms with Crippen molar-refractivity contribution in [2.45, 2.75) is 38.3 Å². The summed E-state index contributed by atoms with van der Waals surface area (Å²) in [6, 6.07) is 0.457. The Labute approximate surface area is 106 Å². The third-order valence-corrected chi connectivity index (χ3v) is 3.40. The zero-order valence-electron chi connectivity index (χ0n) is 11.6. The zero-order chi connectivity index (χ0) is 12.5. The molecule has 1 rings (SSSR count). The van der Waals surface area contributed by atoms with Crippen molar-refractivity contribution in [3.63, 3.8) is 0 Å². The third kappa shape index (κ3) is 5.82. The summed E-state index contributed by atoms with van der Waals surface area (Å²) in [6.07, 6.45) is 3.95. The van der Waals surface area contributed by atoms with Crippen LogP contribution in [0.25, 0.3) is 0 Å². The van der Waals surface area contributed by atoms with Crippen molar-refractivity contribution in [1.29, 1.82) is 0 Å². The summed E-state index contributed by atoms with van der Waals surface area (Å²) in [5.41, 5.74) is 0. The van der Waals surface area contributed by atoms with Gasteiger partial charge in [0.2, 0.25) is 0 Å². The number of likely N-dealkylation sites (tertiary alicyclic amines) is 1. The normalized spacial score (nSPS) is 20.6. The lowest BCUT2D eigenvalue weighted by Crippen LogP contribution is -2.47. The number of hydrogen-bond acceptors (Lipinski definition) is 4. The van der Waals surface area contributed by atoms with Gasteiger partial charge in [0.25, 0.3) is 0 Å². The van der Waals surface area contributed by atoms with E-state index in [9.17, 15) is 0 Å². The molecule has 0 aliphatic carbocycles. The minimum absolute atomic E-state index is 0.457. The summed E-state index contributed by atoms with van der Waals surface area (Å²) < 4.78 is 10.7. The molecule has 1 atom stereocenters. The molecule has 0 amide bonds. The first-order valence-corrected chi connectivity index (χ1v) is 6.77. The Morgan fingerprint density at radius 3 is 2.53 bits per heavy atom. The van der Waals surface area contributed by atoms with Gasteiger partial charge in [-0.2, -0.15) is 0 Å². The van der Waals surface area contributed by atoms with Gasteiger partial charge in [-0.05, 0) is 25.8 Å². The molecule has 0 aromatic carbocycles. The molecule has 1 saturated heterocycles. The second-order valence-corrected chi connectivity index (χ2v) is 4.84. The van der Waals surface area contributed by atoms with Crippen molar-refractivity contribution in [2.24, 2.45) is 0 Å². The van der Waals surface area contributed by atoms with Crippen LogP contribution in [0.15, 0.2) is 0 Å². The van der Waals surface area contributed by atoms with E-state index in [1.54, 1.807) is 7.11 Å². The average molecular weight is 244 g/mol. The number of rotatable bonds is 8. The van der Waals surface area contributed by atoms with Crippen LogP contribution >= 0.6 is 0 Å². The summed E-state index contributed by atoms with van der Waals surface area (Å²) in [5, 5.41) is 3.54. The van der Waals surface area contributed by atoms with Crippen LogP contribution in [0.2, 0.25) is 0 Å². The molecule has 1 aliphatic heterocycles. The van der Waals surface area contributed by atoms with Crippen molar-refractivity contribution in [3.8, 4) is 0 Å². The Balaban J connectivity index is 2.24. The van der Waals surface area contributed by atoms with Gasteiger partial charge < -0.3 is 19.7 Å². The van der Waals surface area contributed by atoms with Crippen LogP contribution in [-0.2, 0) is 9.47 Å². The van der Waals surface area contributed by atoms with Gasteiger partial charge in [0.1, 0.15) is 0 Å². The number of hydrogen-bond donors (Lipinski definition) is 1. The van der Waals surface area contributed by atoms with E-state index in [1.165, 1.54) is 6.42 Å². The third-order valence-electron chi connectivity index (χ3n) is 3.40. The summed E-state index contributed by atoms with van der Waals surface area (Å²) in [5.74, 6) is 0. The molecule has 0 aromatic rings. The lowest BCUT2D eigenvalue weighted by Gasteiger charge is -2.33. The van der Waals surface area contributed by atoms with Crippen molar-refractivity contribution in [1.82, 2.24) is 10.2 Å². The maximum absolute atomic E-state index is 5.39. The quantitative estimate of drug-likeness (QED) is 0.693. The molecule has 1 heterocycles. The van der Waals surface area contributed by atoms with Crippen LogP contribution in [0.3, 0.4) is 0 Å². The smallest absolute Gasteiger partial charge is 0.0628 e. The van der Waals surface area contributed by atoms with E-state index in [0.717, 1.165) is 45.6 Å². The maximum Gasteiger partial charge on any atom is 0.0628 e. The molecule has 0 radical (unpaired) electrons. The molecule has 1 N–H and O–H groups in total. The minimum Gasteiger partial charge on any atom is -0.383 e. The van der Waals surface area contributed by atoms with E-state index >= 15 is 0 Å². The Hall–Kier alpha value is -0.160. The second kappa shape index (κ2) is 8.86. The van der Waals surface area contributed by atoms with E-state index in [2.05, 4.69) is 17.1 Å². The van der Waals surface area contributed by atoms with Crippen LogP contribution in [0, 0.1) is 0 Å². The monoisotopic (exact) mass is 244 g/mol. The lowest BCUT2D eigenvalue weighted by molar-refractivity contribution is 0.0343. The summed E-state index contributed by atoms with van der Waals surface area (Å²) in [7, 11) is 3.59. The van der Waals surface area contributed by atoms with Gasteiger partial charge in [-0.15, -0.1) is 0 Å². The number of nitrogens with one attached hydrogen (secondary N) is 1. The van der Waals surface area contributed by atoms with Gasteiger partial charge in [-0.3, -0.25) is 0 Å². The topological polar surface area (TPSA) is 33.7 Å². The van der Waals surface area contributed by atoms with Crippen LogP contribution in [0.1, 0.15) is 26.2 Å². The fourth-order valence-electron chi connectivity index (χ4n) is 2.37. The molecule has 1 fully saturated rings. The molecule has 4 heteroatoms. The molecule has 0 spiro atoms. The van der Waals surface area contributed by atoms with Gasteiger partial charge in [-0.1, -0.05) is 6.92 Å². The van der Waals surface area contributed by atoms with E-state index in [-0.39, 0.29) is 0 Å². The first-order valence-electron chi connectivity index (χ1n) is 6.77. The van der Waals surface area contributed by atoms with Gasteiger partial charge in [0.15, 0.2) is 0 Å². The van der Waals surface area contributed by atoms with Gasteiger partial charge >= 0.3 is 0 Å². The van der Waals surface area contributed by atoms with Crippen LogP contribution < -0.4 is 5.32 Å². The molecule has 17 heavy (non-hydrogen) atoms. The summed E-state index contributed by atoms with van der Waals surface area (Å²) in [6.45, 7) is 7.44. The molecule has 0 saturated carbocycles. The highest BCUT2D eigenvalue weighted by Crippen LogP contribution is 2.12. The number of nitrogens with zero attached hydrogens (tertiary/aromatic N) is 1. The Morgan fingerprint density at radius 2 is 2.00 bits per heavy atom. The zero-order valence-corrected chi connectivity index (χ0v) is 11.6. The second-order valence-electron chi connectivity index (χ2n) is 4.84. The van der Waals surface area contributed by atoms with E-state index < -0.39 is 0 Å². The maximum atomic E-state index is 5.39. The summed E-state index contributed by atoms with van der Waals surface area (Å²) >= 11 is 0. The predicted molar refractivity (Wildman–Crippen MR) is 70.4 cm³/mol. The largest absolute Gasteiger partial charge is 0.383 e. The number of ether oxygens (including phenoxy) is 2. The molecule has 4 nitrogen and oxygen atoms in total. The van der Waals surface area contributed by atoms with Crippen molar-refractivity contribution in [3.05, 3.63) is 0 Å². The van der Waals surface area contributed by atoms with Crippen molar-refractivity contribution >= 4 is 0 Å². The number of methoxy groups -OCH3 is 2. The Bertz CT molecular complexity index is 182. The Kier molecular flexibility index (Phi) is 7.77. The molecule has 0 bridgehead atoms. The lowest BCUT2D eigenvalue weighted by atomic mass is 10.1. The highest BCUT2D eigenvalue weighted by molar-refractivity contribution is 4.77. The van der Waals surface area contributed by atoms with E-state index in [0.29, 0.717) is 12.1 Å². The van der Waals surface area contributed by atoms with Gasteiger partial charge in [0.05, 0.1) is 12.7 Å². The van der Waals surface area contributed by atoms with Crippen LogP contribution in [0.4, 0.5) is 0 Å². The number of piperidine rings is 1. The highest BCUT2D eigenvalue weighted by Gasteiger charge is 2.20. The minimum atomic E-state index is 0.457. The van der Waals surface area contributed by atoms with Crippen molar-refractivity contribution < 1.29 is 9.47 Å². The molecule has 102 valence electrons. The van der Waals surface area contributed by atoms with E-state index in [1.807, 2.05) is 7.11 Å². The first-order chi connectivity index (χ1) is 8.30. The molecule has 1 aliphatic rings. The molecule has 0 aromatic heterocycles. The first kappa shape index (κ1) is 14.9. The van der Waals surface area contributed by atoms with Crippen LogP contribution in [-0.4, -0.2) is 64.1 Å². The SMILES string of the molecule is CCCNC(COC)CN1CCC(OC)CC1. The van der Waals surface area contributed by atoms with Gasteiger partial charge in [0, 0.05) is 39.9 Å².